The summed E-state index contributed by atoms with van der Waals surface area (Å²) in [4.78, 5) is 6.87. The van der Waals surface area contributed by atoms with E-state index < -0.39 is 0 Å². The van der Waals surface area contributed by atoms with Gasteiger partial charge < -0.3 is 10.2 Å². The highest BCUT2D eigenvalue weighted by molar-refractivity contribution is 6.29. The van der Waals surface area contributed by atoms with Crippen molar-refractivity contribution in [2.45, 2.75) is 12.3 Å². The highest BCUT2D eigenvalue weighted by Crippen LogP contribution is 2.26. The van der Waals surface area contributed by atoms with Crippen molar-refractivity contribution in [2.75, 3.05) is 32.5 Å². The number of nitrogens with one attached hydrogen (secondary N) is 2. The highest BCUT2D eigenvalue weighted by Gasteiger charge is 2.21. The van der Waals surface area contributed by atoms with Gasteiger partial charge in [0.05, 0.1) is 5.70 Å². The van der Waals surface area contributed by atoms with Crippen molar-refractivity contribution in [3.8, 4) is 0 Å². The Labute approximate surface area is 130 Å². The Morgan fingerprint density at radius 1 is 1.38 bits per heavy atom. The van der Waals surface area contributed by atoms with Gasteiger partial charge in [0, 0.05) is 26.0 Å². The normalized spacial score (nSPS) is 22.6. The van der Waals surface area contributed by atoms with Gasteiger partial charge in [-0.15, -0.1) is 0 Å². The molecule has 0 spiro atoms. The van der Waals surface area contributed by atoms with E-state index in [1.165, 1.54) is 18.5 Å². The van der Waals surface area contributed by atoms with Crippen molar-refractivity contribution < 1.29 is 0 Å². The molecular weight excluding hydrogens is 286 g/mol. The number of anilines is 1. The predicted molar refractivity (Wildman–Crippen MR) is 85.6 cm³/mol. The van der Waals surface area contributed by atoms with Crippen molar-refractivity contribution in [2.24, 2.45) is 0 Å². The Morgan fingerprint density at radius 2 is 2.24 bits per heavy atom. The van der Waals surface area contributed by atoms with Crippen LogP contribution in [0.5, 0.6) is 0 Å². The Balaban J connectivity index is 1.67. The summed E-state index contributed by atoms with van der Waals surface area (Å²) in [5, 5.41) is 5.64. The summed E-state index contributed by atoms with van der Waals surface area (Å²) >= 11 is 6.00. The summed E-state index contributed by atoms with van der Waals surface area (Å²) in [6.07, 6.45) is 6.95. The van der Waals surface area contributed by atoms with Crippen LogP contribution in [-0.4, -0.2) is 42.1 Å². The van der Waals surface area contributed by atoms with Crippen LogP contribution in [0, 0.1) is 0 Å². The first kappa shape index (κ1) is 14.2. The summed E-state index contributed by atoms with van der Waals surface area (Å²) in [5.41, 5.74) is 5.18. The number of likely N-dealkylation sites (N-methyl/N-ethyl adjacent to an activating group) is 1. The Hall–Kier alpha value is -1.72. The van der Waals surface area contributed by atoms with Gasteiger partial charge in [-0.2, -0.15) is 0 Å². The molecule has 5 nitrogen and oxygen atoms in total. The van der Waals surface area contributed by atoms with Gasteiger partial charge in [-0.3, -0.25) is 10.4 Å². The van der Waals surface area contributed by atoms with Gasteiger partial charge in [-0.1, -0.05) is 17.7 Å². The van der Waals surface area contributed by atoms with Gasteiger partial charge in [-0.05, 0) is 43.6 Å². The predicted octanol–water partition coefficient (Wildman–Crippen LogP) is 2.28. The molecule has 6 heteroatoms. The van der Waals surface area contributed by atoms with E-state index in [0.717, 1.165) is 18.1 Å². The third-order valence-corrected chi connectivity index (χ3v) is 4.01. The number of hydrogen-bond acceptors (Lipinski definition) is 5. The number of likely N-dealkylation sites (tertiary alicyclic amines) is 1. The Kier molecular flexibility index (Phi) is 4.03. The number of aromatic nitrogens is 1. The number of rotatable bonds is 3. The van der Waals surface area contributed by atoms with Crippen LogP contribution in [-0.2, 0) is 0 Å². The van der Waals surface area contributed by atoms with Crippen molar-refractivity contribution in [3.63, 3.8) is 0 Å². The third-order valence-electron chi connectivity index (χ3n) is 3.82. The van der Waals surface area contributed by atoms with Gasteiger partial charge in [0.1, 0.15) is 11.0 Å². The van der Waals surface area contributed by atoms with Crippen molar-refractivity contribution >= 4 is 17.4 Å². The maximum absolute atomic E-state index is 6.00. The molecule has 0 bridgehead atoms. The number of nitrogens with zero attached hydrogens (tertiary/aromatic N) is 3. The minimum absolute atomic E-state index is 0.577. The summed E-state index contributed by atoms with van der Waals surface area (Å²) in [6.45, 7) is 2.29. The fourth-order valence-electron chi connectivity index (χ4n) is 2.76. The SMILES string of the molecule is CN1CC[C@H](c2ccc(NC3=CN(C)NC(Cl)=C3)nc2)C1. The van der Waals surface area contributed by atoms with Crippen LogP contribution in [0.1, 0.15) is 17.9 Å². The van der Waals surface area contributed by atoms with E-state index in [0.29, 0.717) is 11.1 Å². The van der Waals surface area contributed by atoms with E-state index >= 15 is 0 Å². The van der Waals surface area contributed by atoms with Crippen LogP contribution >= 0.6 is 11.6 Å². The summed E-state index contributed by atoms with van der Waals surface area (Å²) in [6, 6.07) is 4.19. The van der Waals surface area contributed by atoms with E-state index in [2.05, 4.69) is 33.7 Å². The zero-order valence-corrected chi connectivity index (χ0v) is 13.1. The fourth-order valence-corrected chi connectivity index (χ4v) is 3.01. The lowest BCUT2D eigenvalue weighted by molar-refractivity contribution is 0.373. The molecule has 1 aromatic heterocycles. The van der Waals surface area contributed by atoms with Crippen LogP contribution < -0.4 is 10.7 Å². The molecule has 0 aromatic carbocycles. The smallest absolute Gasteiger partial charge is 0.130 e. The molecule has 3 rings (SSSR count). The van der Waals surface area contributed by atoms with Crippen LogP contribution in [0.4, 0.5) is 5.82 Å². The molecule has 0 radical (unpaired) electrons. The van der Waals surface area contributed by atoms with Crippen LogP contribution in [0.2, 0.25) is 0 Å². The minimum atomic E-state index is 0.577. The number of hydrogen-bond donors (Lipinski definition) is 2. The zero-order valence-electron chi connectivity index (χ0n) is 12.3. The summed E-state index contributed by atoms with van der Waals surface area (Å²) in [7, 11) is 4.06. The van der Waals surface area contributed by atoms with Crippen LogP contribution in [0.25, 0.3) is 0 Å². The lowest BCUT2D eigenvalue weighted by Crippen LogP contribution is -2.31. The Bertz CT molecular complexity index is 566. The molecule has 1 fully saturated rings. The molecule has 1 saturated heterocycles. The molecule has 0 amide bonds. The van der Waals surface area contributed by atoms with Crippen LogP contribution in [0.3, 0.4) is 0 Å². The largest absolute Gasteiger partial charge is 0.339 e. The van der Waals surface area contributed by atoms with E-state index in [4.69, 9.17) is 11.6 Å². The molecule has 0 saturated carbocycles. The van der Waals surface area contributed by atoms with Gasteiger partial charge in [0.25, 0.3) is 0 Å². The second-order valence-electron chi connectivity index (χ2n) is 5.65. The van der Waals surface area contributed by atoms with Crippen molar-refractivity contribution in [3.05, 3.63) is 47.0 Å². The average molecular weight is 306 g/mol. The van der Waals surface area contributed by atoms with Crippen molar-refractivity contribution in [1.82, 2.24) is 20.3 Å². The first-order valence-corrected chi connectivity index (χ1v) is 7.48. The molecule has 3 heterocycles. The van der Waals surface area contributed by atoms with E-state index in [-0.39, 0.29) is 0 Å². The first-order valence-electron chi connectivity index (χ1n) is 7.10. The van der Waals surface area contributed by atoms with Crippen molar-refractivity contribution in [1.29, 1.82) is 0 Å². The molecule has 2 aliphatic heterocycles. The maximum atomic E-state index is 6.00. The number of allylic oxidation sites excluding steroid dienone is 1. The van der Waals surface area contributed by atoms with Gasteiger partial charge in [0.15, 0.2) is 0 Å². The molecule has 2 aliphatic rings. The molecule has 21 heavy (non-hydrogen) atoms. The number of pyridine rings is 1. The molecule has 1 atom stereocenters. The molecule has 0 unspecified atom stereocenters. The van der Waals surface area contributed by atoms with Gasteiger partial charge >= 0.3 is 0 Å². The number of halogens is 1. The zero-order chi connectivity index (χ0) is 14.8. The minimum Gasteiger partial charge on any atom is -0.339 e. The first-order chi connectivity index (χ1) is 10.1. The Morgan fingerprint density at radius 3 is 2.86 bits per heavy atom. The van der Waals surface area contributed by atoms with E-state index in [1.807, 2.05) is 31.6 Å². The molecule has 112 valence electrons. The molecule has 2 N–H and O–H groups in total. The fraction of sp³-hybridized carbons (Fsp3) is 0.400. The third kappa shape index (κ3) is 3.49. The summed E-state index contributed by atoms with van der Waals surface area (Å²) < 4.78 is 0. The van der Waals surface area contributed by atoms with Gasteiger partial charge in [-0.25, -0.2) is 4.98 Å². The summed E-state index contributed by atoms with van der Waals surface area (Å²) in [5.74, 6) is 1.43. The monoisotopic (exact) mass is 305 g/mol. The lowest BCUT2D eigenvalue weighted by atomic mass is 10.0. The second kappa shape index (κ2) is 5.95. The van der Waals surface area contributed by atoms with E-state index in [1.54, 1.807) is 5.01 Å². The molecular formula is C15H20ClN5. The lowest BCUT2D eigenvalue weighted by Gasteiger charge is -2.22. The highest BCUT2D eigenvalue weighted by atomic mass is 35.5. The van der Waals surface area contributed by atoms with Gasteiger partial charge in [0.2, 0.25) is 0 Å². The topological polar surface area (TPSA) is 43.4 Å². The standard InChI is InChI=1S/C15H20ClN5/c1-20-6-5-12(9-20)11-3-4-15(17-8-11)18-13-7-14(16)19-21(2)10-13/h3-4,7-8,10,12,19H,5-6,9H2,1-2H3,(H,17,18)/t12-/m0/s1. The quantitative estimate of drug-likeness (QED) is 0.839. The van der Waals surface area contributed by atoms with E-state index in [9.17, 15) is 0 Å². The van der Waals surface area contributed by atoms with Crippen LogP contribution in [0.15, 0.2) is 41.5 Å². The number of hydrazine groups is 1. The molecule has 1 aromatic rings. The average Bonchev–Trinajstić information content (AvgIpc) is 2.85. The second-order valence-corrected chi connectivity index (χ2v) is 6.06. The maximum Gasteiger partial charge on any atom is 0.130 e. The molecule has 0 aliphatic carbocycles.